The number of rotatable bonds is 7. The molecule has 0 fully saturated rings. The van der Waals surface area contributed by atoms with E-state index in [0.717, 1.165) is 21.9 Å². The van der Waals surface area contributed by atoms with Crippen molar-refractivity contribution in [3.8, 4) is 16.3 Å². The molecule has 0 aliphatic carbocycles. The molecule has 0 saturated heterocycles. The second kappa shape index (κ2) is 8.66. The summed E-state index contributed by atoms with van der Waals surface area (Å²) >= 11 is 1.42. The van der Waals surface area contributed by atoms with E-state index in [1.54, 1.807) is 28.5 Å². The first-order valence-corrected chi connectivity index (χ1v) is 10.0. The lowest BCUT2D eigenvalue weighted by molar-refractivity contribution is 0.102. The third-order valence-electron chi connectivity index (χ3n) is 4.10. The summed E-state index contributed by atoms with van der Waals surface area (Å²) in [4.78, 5) is 21.1. The number of ether oxygens (including phenoxy) is 1. The SMILES string of the molecule is CCOc1ccc(-c2nc(C(=O)Nc3ccn(Cc4cccnc4)n3)cs2)cc1. The molecule has 7 nitrogen and oxygen atoms in total. The number of carbonyl (C=O) groups excluding carboxylic acids is 1. The lowest BCUT2D eigenvalue weighted by Gasteiger charge is -2.03. The third-order valence-corrected chi connectivity index (χ3v) is 4.99. The Balaban J connectivity index is 1.40. The third kappa shape index (κ3) is 4.67. The van der Waals surface area contributed by atoms with Crippen molar-refractivity contribution in [1.29, 1.82) is 0 Å². The zero-order valence-corrected chi connectivity index (χ0v) is 16.6. The van der Waals surface area contributed by atoms with E-state index < -0.39 is 0 Å². The first-order chi connectivity index (χ1) is 14.2. The Kier molecular flexibility index (Phi) is 5.62. The van der Waals surface area contributed by atoms with Gasteiger partial charge in [0.05, 0.1) is 13.2 Å². The van der Waals surface area contributed by atoms with Crippen molar-refractivity contribution in [1.82, 2.24) is 19.7 Å². The normalized spacial score (nSPS) is 10.7. The molecule has 0 aliphatic heterocycles. The van der Waals surface area contributed by atoms with Gasteiger partial charge in [-0.25, -0.2) is 4.98 Å². The quantitative estimate of drug-likeness (QED) is 0.501. The van der Waals surface area contributed by atoms with Crippen LogP contribution in [0.3, 0.4) is 0 Å². The van der Waals surface area contributed by atoms with E-state index in [-0.39, 0.29) is 5.91 Å². The monoisotopic (exact) mass is 405 g/mol. The molecule has 0 spiro atoms. The van der Waals surface area contributed by atoms with Gasteiger partial charge in [-0.3, -0.25) is 14.5 Å². The molecule has 146 valence electrons. The molecule has 0 unspecified atom stereocenters. The predicted molar refractivity (Wildman–Crippen MR) is 112 cm³/mol. The molecule has 1 amide bonds. The van der Waals surface area contributed by atoms with Crippen LogP contribution >= 0.6 is 11.3 Å². The highest BCUT2D eigenvalue weighted by molar-refractivity contribution is 7.13. The fourth-order valence-electron chi connectivity index (χ4n) is 2.75. The first kappa shape index (κ1) is 18.8. The number of nitrogens with one attached hydrogen (secondary N) is 1. The van der Waals surface area contributed by atoms with Crippen LogP contribution in [0.2, 0.25) is 0 Å². The molecule has 8 heteroatoms. The van der Waals surface area contributed by atoms with Crippen molar-refractivity contribution in [2.75, 3.05) is 11.9 Å². The summed E-state index contributed by atoms with van der Waals surface area (Å²) in [5.74, 6) is 1.01. The van der Waals surface area contributed by atoms with Crippen LogP contribution in [0.25, 0.3) is 10.6 Å². The molecule has 0 aliphatic rings. The number of anilines is 1. The zero-order chi connectivity index (χ0) is 20.1. The number of thiazole rings is 1. The molecular formula is C21H19N5O2S. The van der Waals surface area contributed by atoms with Gasteiger partial charge in [-0.2, -0.15) is 5.10 Å². The van der Waals surface area contributed by atoms with Gasteiger partial charge >= 0.3 is 0 Å². The largest absolute Gasteiger partial charge is 0.494 e. The summed E-state index contributed by atoms with van der Waals surface area (Å²) < 4.78 is 7.20. The summed E-state index contributed by atoms with van der Waals surface area (Å²) in [7, 11) is 0. The first-order valence-electron chi connectivity index (χ1n) is 9.14. The minimum atomic E-state index is -0.287. The van der Waals surface area contributed by atoms with Gasteiger partial charge in [0.15, 0.2) is 5.82 Å². The second-order valence-corrected chi connectivity index (χ2v) is 7.07. The summed E-state index contributed by atoms with van der Waals surface area (Å²) in [6, 6.07) is 13.3. The summed E-state index contributed by atoms with van der Waals surface area (Å²) in [5.41, 5.74) is 2.34. The number of amides is 1. The minimum Gasteiger partial charge on any atom is -0.494 e. The van der Waals surface area contributed by atoms with Crippen LogP contribution in [0.15, 0.2) is 66.4 Å². The average molecular weight is 405 g/mol. The summed E-state index contributed by atoms with van der Waals surface area (Å²) in [5, 5.41) is 9.70. The van der Waals surface area contributed by atoms with Crippen LogP contribution in [0, 0.1) is 0 Å². The topological polar surface area (TPSA) is 81.9 Å². The van der Waals surface area contributed by atoms with Gasteiger partial charge in [-0.05, 0) is 42.8 Å². The van der Waals surface area contributed by atoms with Crippen molar-refractivity contribution >= 4 is 23.1 Å². The molecule has 1 aromatic carbocycles. The Labute approximate surface area is 172 Å². The smallest absolute Gasteiger partial charge is 0.276 e. The molecule has 3 aromatic heterocycles. The molecule has 4 rings (SSSR count). The van der Waals surface area contributed by atoms with Gasteiger partial charge in [0.2, 0.25) is 0 Å². The number of aromatic nitrogens is 4. The standard InChI is InChI=1S/C21H19N5O2S/c1-2-28-17-7-5-16(6-8-17)21-23-18(14-29-21)20(27)24-19-9-11-26(25-19)13-15-4-3-10-22-12-15/h3-12,14H,2,13H2,1H3,(H,24,25,27). The molecule has 3 heterocycles. The van der Waals surface area contributed by atoms with Crippen LogP contribution in [0.5, 0.6) is 5.75 Å². The maximum Gasteiger partial charge on any atom is 0.276 e. The van der Waals surface area contributed by atoms with Gasteiger partial charge in [-0.15, -0.1) is 11.3 Å². The Hall–Kier alpha value is -3.52. The molecule has 0 bridgehead atoms. The predicted octanol–water partition coefficient (Wildman–Crippen LogP) is 4.10. The van der Waals surface area contributed by atoms with E-state index in [9.17, 15) is 4.79 Å². The van der Waals surface area contributed by atoms with Gasteiger partial charge in [0.1, 0.15) is 16.5 Å². The number of nitrogens with zero attached hydrogens (tertiary/aromatic N) is 4. The van der Waals surface area contributed by atoms with Crippen molar-refractivity contribution in [3.63, 3.8) is 0 Å². The highest BCUT2D eigenvalue weighted by atomic mass is 32.1. The van der Waals surface area contributed by atoms with E-state index in [0.29, 0.717) is 24.7 Å². The van der Waals surface area contributed by atoms with Crippen LogP contribution < -0.4 is 10.1 Å². The Bertz CT molecular complexity index is 1090. The fraction of sp³-hybridized carbons (Fsp3) is 0.143. The van der Waals surface area contributed by atoms with Gasteiger partial charge < -0.3 is 10.1 Å². The van der Waals surface area contributed by atoms with Crippen molar-refractivity contribution in [2.24, 2.45) is 0 Å². The van der Waals surface area contributed by atoms with Crippen LogP contribution in [-0.4, -0.2) is 32.3 Å². The van der Waals surface area contributed by atoms with E-state index >= 15 is 0 Å². The van der Waals surface area contributed by atoms with Crippen LogP contribution in [0.1, 0.15) is 23.0 Å². The van der Waals surface area contributed by atoms with Gasteiger partial charge in [-0.1, -0.05) is 6.07 Å². The summed E-state index contributed by atoms with van der Waals surface area (Å²) in [6.07, 6.45) is 5.33. The summed E-state index contributed by atoms with van der Waals surface area (Å²) in [6.45, 7) is 3.16. The maximum absolute atomic E-state index is 12.5. The molecule has 0 atom stereocenters. The molecule has 0 radical (unpaired) electrons. The Morgan fingerprint density at radius 3 is 2.83 bits per heavy atom. The number of hydrogen-bond donors (Lipinski definition) is 1. The fourth-order valence-corrected chi connectivity index (χ4v) is 3.55. The molecular weight excluding hydrogens is 386 g/mol. The van der Waals surface area contributed by atoms with E-state index in [2.05, 4.69) is 20.4 Å². The lowest BCUT2D eigenvalue weighted by atomic mass is 10.2. The second-order valence-electron chi connectivity index (χ2n) is 6.21. The number of hydrogen-bond acceptors (Lipinski definition) is 6. The number of benzene rings is 1. The van der Waals surface area contributed by atoms with E-state index in [1.165, 1.54) is 11.3 Å². The highest BCUT2D eigenvalue weighted by Gasteiger charge is 2.13. The highest BCUT2D eigenvalue weighted by Crippen LogP contribution is 2.26. The number of pyridine rings is 1. The Morgan fingerprint density at radius 1 is 1.21 bits per heavy atom. The Morgan fingerprint density at radius 2 is 2.07 bits per heavy atom. The van der Waals surface area contributed by atoms with Gasteiger partial charge in [0.25, 0.3) is 5.91 Å². The van der Waals surface area contributed by atoms with Crippen LogP contribution in [0.4, 0.5) is 5.82 Å². The van der Waals surface area contributed by atoms with Crippen molar-refractivity contribution in [3.05, 3.63) is 77.7 Å². The molecule has 0 saturated carbocycles. The zero-order valence-electron chi connectivity index (χ0n) is 15.8. The van der Waals surface area contributed by atoms with E-state index in [4.69, 9.17) is 4.74 Å². The lowest BCUT2D eigenvalue weighted by Crippen LogP contribution is -2.13. The van der Waals surface area contributed by atoms with Crippen molar-refractivity contribution < 1.29 is 9.53 Å². The van der Waals surface area contributed by atoms with Crippen LogP contribution in [-0.2, 0) is 6.54 Å². The molecule has 4 aromatic rings. The van der Waals surface area contributed by atoms with E-state index in [1.807, 2.05) is 49.5 Å². The average Bonchev–Trinajstić information content (AvgIpc) is 3.40. The maximum atomic E-state index is 12.5. The minimum absolute atomic E-state index is 0.287. The van der Waals surface area contributed by atoms with Gasteiger partial charge in [0, 0.05) is 35.6 Å². The number of carbonyl (C=O) groups is 1. The molecule has 1 N–H and O–H groups in total. The van der Waals surface area contributed by atoms with Crippen molar-refractivity contribution in [2.45, 2.75) is 13.5 Å². The molecule has 29 heavy (non-hydrogen) atoms.